The third-order valence-electron chi connectivity index (χ3n) is 4.96. The first-order valence-electron chi connectivity index (χ1n) is 8.33. The van der Waals surface area contributed by atoms with Gasteiger partial charge in [0.2, 0.25) is 0 Å². The zero-order chi connectivity index (χ0) is 14.9. The van der Waals surface area contributed by atoms with E-state index in [9.17, 15) is 0 Å². The Balaban J connectivity index is 1.85. The quantitative estimate of drug-likeness (QED) is 0.906. The number of aromatic nitrogens is 2. The molecule has 1 fully saturated rings. The molecule has 0 aliphatic heterocycles. The highest BCUT2D eigenvalue weighted by molar-refractivity contribution is 5.82. The van der Waals surface area contributed by atoms with Crippen molar-refractivity contribution in [3.8, 4) is 0 Å². The monoisotopic (exact) mass is 285 g/mol. The highest BCUT2D eigenvalue weighted by atomic mass is 15.3. The van der Waals surface area contributed by atoms with Crippen LogP contribution < -0.4 is 5.32 Å². The molecular formula is C18H27N3. The molecule has 2 unspecified atom stereocenters. The van der Waals surface area contributed by atoms with E-state index in [2.05, 4.69) is 55.0 Å². The molecule has 21 heavy (non-hydrogen) atoms. The van der Waals surface area contributed by atoms with E-state index >= 15 is 0 Å². The van der Waals surface area contributed by atoms with Crippen LogP contribution in [0.4, 0.5) is 0 Å². The summed E-state index contributed by atoms with van der Waals surface area (Å²) in [5.74, 6) is 0. The Labute approximate surface area is 127 Å². The molecule has 114 valence electrons. The van der Waals surface area contributed by atoms with Crippen molar-refractivity contribution in [1.82, 2.24) is 15.1 Å². The molecule has 1 aliphatic carbocycles. The number of rotatable bonds is 5. The molecule has 2 aromatic rings. The average Bonchev–Trinajstić information content (AvgIpc) is 3.01. The van der Waals surface area contributed by atoms with Gasteiger partial charge in [0.25, 0.3) is 0 Å². The molecular weight excluding hydrogens is 258 g/mol. The summed E-state index contributed by atoms with van der Waals surface area (Å²) in [6.07, 6.45) is 4.98. The molecule has 0 spiro atoms. The van der Waals surface area contributed by atoms with E-state index in [0.717, 1.165) is 19.5 Å². The van der Waals surface area contributed by atoms with Crippen LogP contribution in [0, 0.1) is 5.41 Å². The summed E-state index contributed by atoms with van der Waals surface area (Å²) < 4.78 is 2.14. The second-order valence-corrected chi connectivity index (χ2v) is 6.76. The minimum absolute atomic E-state index is 0.391. The van der Waals surface area contributed by atoms with Crippen LogP contribution in [-0.2, 0) is 13.0 Å². The van der Waals surface area contributed by atoms with E-state index < -0.39 is 0 Å². The number of nitrogens with one attached hydrogen (secondary N) is 1. The largest absolute Gasteiger partial charge is 0.314 e. The predicted octanol–water partition coefficient (Wildman–Crippen LogP) is 3.77. The van der Waals surface area contributed by atoms with Crippen LogP contribution >= 0.6 is 0 Å². The van der Waals surface area contributed by atoms with Gasteiger partial charge in [-0.25, -0.2) is 0 Å². The van der Waals surface area contributed by atoms with Crippen molar-refractivity contribution in [1.29, 1.82) is 0 Å². The van der Waals surface area contributed by atoms with E-state index in [-0.39, 0.29) is 0 Å². The fourth-order valence-corrected chi connectivity index (χ4v) is 3.92. The molecule has 3 nitrogen and oxygen atoms in total. The molecule has 1 N–H and O–H groups in total. The molecule has 3 heteroatoms. The van der Waals surface area contributed by atoms with Crippen LogP contribution in [0.15, 0.2) is 24.3 Å². The Kier molecular flexibility index (Phi) is 4.03. The van der Waals surface area contributed by atoms with Gasteiger partial charge in [-0.1, -0.05) is 32.0 Å². The molecule has 1 heterocycles. The Hall–Kier alpha value is -1.35. The summed E-state index contributed by atoms with van der Waals surface area (Å²) in [5.41, 5.74) is 2.95. The molecule has 1 aromatic carbocycles. The summed E-state index contributed by atoms with van der Waals surface area (Å²) in [6.45, 7) is 8.82. The Morgan fingerprint density at radius 1 is 1.33 bits per heavy atom. The number of benzene rings is 1. The smallest absolute Gasteiger partial charge is 0.0708 e. The lowest BCUT2D eigenvalue weighted by Gasteiger charge is -2.23. The third-order valence-corrected chi connectivity index (χ3v) is 4.96. The van der Waals surface area contributed by atoms with Crippen molar-refractivity contribution in [3.63, 3.8) is 0 Å². The number of hydrogen-bond acceptors (Lipinski definition) is 2. The van der Waals surface area contributed by atoms with Gasteiger partial charge in [-0.2, -0.15) is 5.10 Å². The van der Waals surface area contributed by atoms with Crippen LogP contribution in [0.25, 0.3) is 10.9 Å². The average molecular weight is 285 g/mol. The van der Waals surface area contributed by atoms with Crippen molar-refractivity contribution in [2.45, 2.75) is 59.0 Å². The predicted molar refractivity (Wildman–Crippen MR) is 88.5 cm³/mol. The fourth-order valence-electron chi connectivity index (χ4n) is 3.92. The number of para-hydroxylation sites is 1. The first-order valence-corrected chi connectivity index (χ1v) is 8.33. The lowest BCUT2D eigenvalue weighted by Crippen LogP contribution is -2.28. The van der Waals surface area contributed by atoms with Gasteiger partial charge in [-0.15, -0.1) is 0 Å². The van der Waals surface area contributed by atoms with Gasteiger partial charge >= 0.3 is 0 Å². The van der Waals surface area contributed by atoms with E-state index in [1.165, 1.54) is 35.9 Å². The summed E-state index contributed by atoms with van der Waals surface area (Å²) in [7, 11) is 0. The zero-order valence-corrected chi connectivity index (χ0v) is 13.5. The van der Waals surface area contributed by atoms with Gasteiger partial charge in [-0.05, 0) is 50.6 Å². The maximum absolute atomic E-state index is 4.88. The van der Waals surface area contributed by atoms with Gasteiger partial charge in [0, 0.05) is 18.0 Å². The molecule has 1 aliphatic rings. The number of nitrogens with zero attached hydrogens (tertiary/aromatic N) is 2. The summed E-state index contributed by atoms with van der Waals surface area (Å²) in [4.78, 5) is 0. The fraction of sp³-hybridized carbons (Fsp3) is 0.611. The van der Waals surface area contributed by atoms with Gasteiger partial charge < -0.3 is 5.32 Å². The van der Waals surface area contributed by atoms with Crippen LogP contribution in [0.1, 0.15) is 45.7 Å². The van der Waals surface area contributed by atoms with Crippen LogP contribution in [0.3, 0.4) is 0 Å². The van der Waals surface area contributed by atoms with Crippen LogP contribution in [-0.4, -0.2) is 22.4 Å². The molecule has 2 atom stereocenters. The van der Waals surface area contributed by atoms with Gasteiger partial charge in [-0.3, -0.25) is 4.68 Å². The molecule has 1 saturated carbocycles. The molecule has 1 aromatic heterocycles. The van der Waals surface area contributed by atoms with E-state index in [4.69, 9.17) is 5.10 Å². The van der Waals surface area contributed by atoms with Crippen molar-refractivity contribution in [2.75, 3.05) is 6.54 Å². The van der Waals surface area contributed by atoms with E-state index in [1.54, 1.807) is 0 Å². The number of fused-ring (bicyclic) bond motifs is 1. The Morgan fingerprint density at radius 3 is 2.90 bits per heavy atom. The topological polar surface area (TPSA) is 29.9 Å². The SMILES string of the molecule is CCNC1CCC(C)(Cc2nn(CC)c3ccccc23)C1. The second-order valence-electron chi connectivity index (χ2n) is 6.76. The summed E-state index contributed by atoms with van der Waals surface area (Å²) in [6, 6.07) is 9.35. The van der Waals surface area contributed by atoms with Crippen molar-refractivity contribution in [2.24, 2.45) is 5.41 Å². The first-order chi connectivity index (χ1) is 10.1. The summed E-state index contributed by atoms with van der Waals surface area (Å²) >= 11 is 0. The lowest BCUT2D eigenvalue weighted by molar-refractivity contribution is 0.319. The van der Waals surface area contributed by atoms with Crippen LogP contribution in [0.2, 0.25) is 0 Å². The highest BCUT2D eigenvalue weighted by Gasteiger charge is 2.35. The number of aryl methyl sites for hydroxylation is 1. The van der Waals surface area contributed by atoms with Crippen molar-refractivity contribution in [3.05, 3.63) is 30.0 Å². The molecule has 0 amide bonds. The Bertz CT molecular complexity index is 616. The van der Waals surface area contributed by atoms with Crippen molar-refractivity contribution >= 4 is 10.9 Å². The first kappa shape index (κ1) is 14.6. The molecule has 0 radical (unpaired) electrons. The highest BCUT2D eigenvalue weighted by Crippen LogP contribution is 2.41. The minimum Gasteiger partial charge on any atom is -0.314 e. The van der Waals surface area contributed by atoms with Gasteiger partial charge in [0.15, 0.2) is 0 Å². The number of hydrogen-bond donors (Lipinski definition) is 1. The van der Waals surface area contributed by atoms with Crippen LogP contribution in [0.5, 0.6) is 0 Å². The lowest BCUT2D eigenvalue weighted by atomic mass is 9.83. The van der Waals surface area contributed by atoms with Gasteiger partial charge in [0.1, 0.15) is 0 Å². The van der Waals surface area contributed by atoms with Gasteiger partial charge in [0.05, 0.1) is 11.2 Å². The third kappa shape index (κ3) is 2.84. The second kappa shape index (κ2) is 5.80. The minimum atomic E-state index is 0.391. The molecule has 0 saturated heterocycles. The summed E-state index contributed by atoms with van der Waals surface area (Å²) in [5, 5.41) is 9.84. The maximum Gasteiger partial charge on any atom is 0.0708 e. The maximum atomic E-state index is 4.88. The normalized spacial score (nSPS) is 25.8. The standard InChI is InChI=1S/C18H27N3/c1-4-19-14-10-11-18(3,12-14)13-16-15-8-6-7-9-17(15)21(5-2)20-16/h6-9,14,19H,4-5,10-13H2,1-3H3. The molecule has 3 rings (SSSR count). The zero-order valence-electron chi connectivity index (χ0n) is 13.5. The Morgan fingerprint density at radius 2 is 2.14 bits per heavy atom. The van der Waals surface area contributed by atoms with E-state index in [0.29, 0.717) is 11.5 Å². The van der Waals surface area contributed by atoms with E-state index in [1.807, 2.05) is 0 Å². The molecule has 0 bridgehead atoms. The van der Waals surface area contributed by atoms with Crippen molar-refractivity contribution < 1.29 is 0 Å².